The van der Waals surface area contributed by atoms with Gasteiger partial charge in [0.25, 0.3) is 0 Å². The average Bonchev–Trinajstić information content (AvgIpc) is 1.55. The van der Waals surface area contributed by atoms with Gasteiger partial charge in [-0.2, -0.15) is 0 Å². The molecule has 0 fully saturated rings. The van der Waals surface area contributed by atoms with E-state index in [1.165, 1.54) is 167 Å². The molecular formula is C78H148O17P2. The van der Waals surface area contributed by atoms with Crippen LogP contribution in [0.5, 0.6) is 0 Å². The van der Waals surface area contributed by atoms with Crippen molar-refractivity contribution in [3.8, 4) is 0 Å². The topological polar surface area (TPSA) is 237 Å². The van der Waals surface area contributed by atoms with Crippen molar-refractivity contribution in [1.29, 1.82) is 0 Å². The standard InChI is InChI=1S/C78H148O17P2/c1-8-9-10-11-12-13-14-15-16-22-28-33-38-47-54-62-78(83)95-74(66-89-76(81)60-53-46-41-40-44-51-58-71(6)7)68-93-97(86,87)91-64-72(79)63-90-96(84,85)92-67-73(65-88-75(80)59-52-45-37-32-27-24-19-21-26-31-36-43-50-57-70(4)5)94-77(82)61-55-48-39-34-29-23-18-17-20-25-30-35-42-49-56-69(2)3/h13-16,69-74,79H,8-12,17-68H2,1-7H3,(H,84,85)(H,86,87)/b14-13-,16-15-/t72-,73-,74-/m1/s1. The Morgan fingerprint density at radius 2 is 0.557 bits per heavy atom. The zero-order chi connectivity index (χ0) is 71.6. The number of esters is 4. The number of unbranched alkanes of at least 4 members (excludes halogenated alkanes) is 39. The van der Waals surface area contributed by atoms with Gasteiger partial charge < -0.3 is 33.8 Å². The molecule has 0 aromatic heterocycles. The Hall–Kier alpha value is -2.46. The zero-order valence-corrected chi connectivity index (χ0v) is 64.8. The molecule has 19 heteroatoms. The summed E-state index contributed by atoms with van der Waals surface area (Å²) in [6.45, 7) is 11.8. The summed E-state index contributed by atoms with van der Waals surface area (Å²) < 4.78 is 68.5. The lowest BCUT2D eigenvalue weighted by atomic mass is 10.0. The molecule has 572 valence electrons. The van der Waals surface area contributed by atoms with Crippen LogP contribution in [0.2, 0.25) is 0 Å². The molecule has 0 aliphatic heterocycles. The summed E-state index contributed by atoms with van der Waals surface area (Å²) in [6.07, 6.45) is 57.8. The number of hydrogen-bond donors (Lipinski definition) is 3. The second kappa shape index (κ2) is 68.0. The Morgan fingerprint density at radius 1 is 0.320 bits per heavy atom. The van der Waals surface area contributed by atoms with Crippen LogP contribution in [0.1, 0.15) is 376 Å². The van der Waals surface area contributed by atoms with E-state index in [-0.39, 0.29) is 25.7 Å². The predicted molar refractivity (Wildman–Crippen MR) is 395 cm³/mol. The van der Waals surface area contributed by atoms with Crippen LogP contribution in [0, 0.1) is 17.8 Å². The molecule has 3 N–H and O–H groups in total. The Kier molecular flexibility index (Phi) is 66.3. The Labute approximate surface area is 592 Å². The maximum atomic E-state index is 13.1. The van der Waals surface area contributed by atoms with Crippen molar-refractivity contribution in [2.75, 3.05) is 39.6 Å². The Balaban J connectivity index is 5.27. The Morgan fingerprint density at radius 3 is 0.835 bits per heavy atom. The van der Waals surface area contributed by atoms with E-state index in [9.17, 15) is 43.2 Å². The van der Waals surface area contributed by atoms with Gasteiger partial charge in [-0.25, -0.2) is 9.13 Å². The lowest BCUT2D eigenvalue weighted by Crippen LogP contribution is -2.30. The molecule has 0 heterocycles. The fourth-order valence-corrected chi connectivity index (χ4v) is 13.0. The van der Waals surface area contributed by atoms with E-state index in [0.717, 1.165) is 121 Å². The minimum Gasteiger partial charge on any atom is -0.462 e. The summed E-state index contributed by atoms with van der Waals surface area (Å²) in [4.78, 5) is 72.8. The molecule has 5 atom stereocenters. The van der Waals surface area contributed by atoms with Gasteiger partial charge in [0.05, 0.1) is 26.4 Å². The van der Waals surface area contributed by atoms with E-state index in [0.29, 0.717) is 31.6 Å². The molecule has 0 aromatic rings. The molecule has 0 saturated carbocycles. The quantitative estimate of drug-likeness (QED) is 0.0169. The molecule has 0 aromatic carbocycles. The number of allylic oxidation sites excluding steroid dienone is 4. The van der Waals surface area contributed by atoms with Gasteiger partial charge in [-0.3, -0.25) is 37.3 Å². The van der Waals surface area contributed by atoms with Crippen molar-refractivity contribution in [3.05, 3.63) is 24.3 Å². The van der Waals surface area contributed by atoms with Crippen molar-refractivity contribution in [1.82, 2.24) is 0 Å². The van der Waals surface area contributed by atoms with Crippen LogP contribution < -0.4 is 0 Å². The first kappa shape index (κ1) is 94.5. The summed E-state index contributed by atoms with van der Waals surface area (Å²) in [5, 5.41) is 10.6. The maximum Gasteiger partial charge on any atom is 0.472 e. The number of aliphatic hydroxyl groups excluding tert-OH is 1. The number of aliphatic hydroxyl groups is 1. The molecule has 17 nitrogen and oxygen atoms in total. The first-order chi connectivity index (χ1) is 46.7. The summed E-state index contributed by atoms with van der Waals surface area (Å²) in [5.41, 5.74) is 0. The van der Waals surface area contributed by atoms with Crippen LogP contribution in [0.4, 0.5) is 0 Å². The van der Waals surface area contributed by atoms with E-state index in [4.69, 9.17) is 37.0 Å². The highest BCUT2D eigenvalue weighted by molar-refractivity contribution is 7.47. The van der Waals surface area contributed by atoms with Crippen LogP contribution in [0.3, 0.4) is 0 Å². The van der Waals surface area contributed by atoms with Crippen molar-refractivity contribution in [2.45, 2.75) is 394 Å². The van der Waals surface area contributed by atoms with E-state index < -0.39 is 97.5 Å². The van der Waals surface area contributed by atoms with Gasteiger partial charge in [0.1, 0.15) is 19.3 Å². The molecule has 0 radical (unpaired) electrons. The highest BCUT2D eigenvalue weighted by Gasteiger charge is 2.30. The lowest BCUT2D eigenvalue weighted by molar-refractivity contribution is -0.161. The number of phosphoric ester groups is 2. The molecule has 2 unspecified atom stereocenters. The molecule has 0 spiro atoms. The van der Waals surface area contributed by atoms with Crippen LogP contribution >= 0.6 is 15.6 Å². The van der Waals surface area contributed by atoms with Crippen LogP contribution in [0.25, 0.3) is 0 Å². The van der Waals surface area contributed by atoms with Crippen LogP contribution in [-0.2, 0) is 65.4 Å². The van der Waals surface area contributed by atoms with Gasteiger partial charge in [-0.15, -0.1) is 0 Å². The number of phosphoric acid groups is 2. The first-order valence-corrected chi connectivity index (χ1v) is 42.7. The minimum absolute atomic E-state index is 0.0838. The summed E-state index contributed by atoms with van der Waals surface area (Å²) in [7, 11) is -9.93. The average molecular weight is 1420 g/mol. The van der Waals surface area contributed by atoms with Gasteiger partial charge in [0, 0.05) is 25.7 Å². The zero-order valence-electron chi connectivity index (χ0n) is 63.0. The number of carbonyl (C=O) groups is 4. The largest absolute Gasteiger partial charge is 0.472 e. The van der Waals surface area contributed by atoms with E-state index in [1.54, 1.807) is 0 Å². The number of ether oxygens (including phenoxy) is 4. The normalized spacial score (nSPS) is 14.2. The van der Waals surface area contributed by atoms with Gasteiger partial charge in [0.2, 0.25) is 0 Å². The number of rotatable bonds is 74. The maximum absolute atomic E-state index is 13.1. The SMILES string of the molecule is CCCCCC/C=C\C=C/CCCCCCCC(=O)O[C@H](COC(=O)CCCCCCCCC(C)C)COP(=O)(O)OC[C@H](O)COP(=O)(O)OC[C@@H](COC(=O)CCCCCCCCCCCCCCCC(C)C)OC(=O)CCCCCCCCCCCCCCCCC(C)C. The second-order valence-electron chi connectivity index (χ2n) is 28.8. The van der Waals surface area contributed by atoms with Gasteiger partial charge in [-0.1, -0.05) is 323 Å². The fourth-order valence-electron chi connectivity index (χ4n) is 11.4. The molecule has 0 aliphatic carbocycles. The molecule has 0 aliphatic rings. The number of hydrogen-bond acceptors (Lipinski definition) is 15. The first-order valence-electron chi connectivity index (χ1n) is 39.7. The van der Waals surface area contributed by atoms with Crippen molar-refractivity contribution in [3.63, 3.8) is 0 Å². The molecule has 0 bridgehead atoms. The van der Waals surface area contributed by atoms with Crippen molar-refractivity contribution in [2.24, 2.45) is 17.8 Å². The fraction of sp³-hybridized carbons (Fsp3) is 0.897. The van der Waals surface area contributed by atoms with Crippen molar-refractivity contribution >= 4 is 39.5 Å². The summed E-state index contributed by atoms with van der Waals surface area (Å²) in [6, 6.07) is 0. The Bertz CT molecular complexity index is 1980. The van der Waals surface area contributed by atoms with Crippen LogP contribution in [-0.4, -0.2) is 96.7 Å². The lowest BCUT2D eigenvalue weighted by Gasteiger charge is -2.21. The van der Waals surface area contributed by atoms with Gasteiger partial charge in [-0.05, 0) is 69.1 Å². The highest BCUT2D eigenvalue weighted by Crippen LogP contribution is 2.45. The predicted octanol–water partition coefficient (Wildman–Crippen LogP) is 22.5. The minimum atomic E-state index is -4.96. The molecular weight excluding hydrogens is 1270 g/mol. The second-order valence-corrected chi connectivity index (χ2v) is 31.7. The smallest absolute Gasteiger partial charge is 0.462 e. The molecule has 0 amide bonds. The molecule has 0 rings (SSSR count). The van der Waals surface area contributed by atoms with E-state index >= 15 is 0 Å². The number of carbonyl (C=O) groups excluding carboxylic acids is 4. The third-order valence-electron chi connectivity index (χ3n) is 17.5. The van der Waals surface area contributed by atoms with Crippen molar-refractivity contribution < 1.29 is 80.2 Å². The van der Waals surface area contributed by atoms with Gasteiger partial charge >= 0.3 is 39.5 Å². The monoisotopic (exact) mass is 1420 g/mol. The van der Waals surface area contributed by atoms with Gasteiger partial charge in [0.15, 0.2) is 12.2 Å². The van der Waals surface area contributed by atoms with E-state index in [2.05, 4.69) is 72.8 Å². The highest BCUT2D eigenvalue weighted by atomic mass is 31.2. The van der Waals surface area contributed by atoms with Crippen LogP contribution in [0.15, 0.2) is 24.3 Å². The van der Waals surface area contributed by atoms with E-state index in [1.807, 2.05) is 0 Å². The molecule has 97 heavy (non-hydrogen) atoms. The summed E-state index contributed by atoms with van der Waals surface area (Å²) >= 11 is 0. The molecule has 0 saturated heterocycles. The summed E-state index contributed by atoms with van der Waals surface area (Å²) in [5.74, 6) is 0.112. The third-order valence-corrected chi connectivity index (χ3v) is 19.4. The third kappa shape index (κ3) is 71.7.